The Balaban J connectivity index is 1.80. The lowest BCUT2D eigenvalue weighted by molar-refractivity contribution is -0.155. The van der Waals surface area contributed by atoms with Crippen LogP contribution >= 0.6 is 15.9 Å². The summed E-state index contributed by atoms with van der Waals surface area (Å²) in [5, 5.41) is 2.68. The van der Waals surface area contributed by atoms with Gasteiger partial charge < -0.3 is 14.8 Å². The zero-order valence-corrected chi connectivity index (χ0v) is 15.0. The van der Waals surface area contributed by atoms with Gasteiger partial charge in [0.05, 0.1) is 0 Å². The van der Waals surface area contributed by atoms with E-state index in [1.807, 2.05) is 37.3 Å². The molecule has 0 aromatic heterocycles. The van der Waals surface area contributed by atoms with Crippen LogP contribution < -0.4 is 10.1 Å². The fraction of sp³-hybridized carbons (Fsp3) is 0.222. The number of hydrogen-bond acceptors (Lipinski definition) is 4. The van der Waals surface area contributed by atoms with Gasteiger partial charge in [-0.1, -0.05) is 28.1 Å². The highest BCUT2D eigenvalue weighted by molar-refractivity contribution is 9.10. The number of benzene rings is 2. The molecule has 2 rings (SSSR count). The molecule has 1 amide bonds. The fourth-order valence-electron chi connectivity index (χ4n) is 1.91. The lowest BCUT2D eigenvalue weighted by Crippen LogP contribution is -2.31. The minimum Gasteiger partial charge on any atom is -0.482 e. The van der Waals surface area contributed by atoms with Crippen molar-refractivity contribution in [1.29, 1.82) is 0 Å². The van der Waals surface area contributed by atoms with Crippen LogP contribution in [0.2, 0.25) is 0 Å². The van der Waals surface area contributed by atoms with Crippen molar-refractivity contribution in [3.05, 3.63) is 58.6 Å². The summed E-state index contributed by atoms with van der Waals surface area (Å²) >= 11 is 3.32. The summed E-state index contributed by atoms with van der Waals surface area (Å²) in [6.45, 7) is 3.19. The molecule has 0 aliphatic rings. The molecule has 0 saturated carbocycles. The molecule has 6 heteroatoms. The first-order valence-electron chi connectivity index (χ1n) is 7.39. The lowest BCUT2D eigenvalue weighted by Gasteiger charge is -2.14. The normalized spacial score (nSPS) is 11.5. The average molecular weight is 392 g/mol. The molecule has 5 nitrogen and oxygen atoms in total. The van der Waals surface area contributed by atoms with E-state index in [1.165, 1.54) is 6.92 Å². The van der Waals surface area contributed by atoms with E-state index in [-0.39, 0.29) is 6.61 Å². The van der Waals surface area contributed by atoms with Gasteiger partial charge in [0.15, 0.2) is 12.7 Å². The second-order valence-corrected chi connectivity index (χ2v) is 6.15. The van der Waals surface area contributed by atoms with Crippen molar-refractivity contribution in [2.24, 2.45) is 0 Å². The Hall–Kier alpha value is -2.34. The van der Waals surface area contributed by atoms with Gasteiger partial charge in [-0.05, 0) is 55.8 Å². The van der Waals surface area contributed by atoms with Crippen molar-refractivity contribution in [2.75, 3.05) is 11.9 Å². The van der Waals surface area contributed by atoms with Gasteiger partial charge in [0.1, 0.15) is 5.75 Å². The molecule has 0 heterocycles. The maximum atomic E-state index is 12.0. The molecule has 0 unspecified atom stereocenters. The Morgan fingerprint density at radius 2 is 1.88 bits per heavy atom. The third-order valence-electron chi connectivity index (χ3n) is 3.14. The molecule has 2 aromatic carbocycles. The van der Waals surface area contributed by atoms with Crippen LogP contribution in [0.4, 0.5) is 5.69 Å². The second-order valence-electron chi connectivity index (χ2n) is 5.23. The van der Waals surface area contributed by atoms with Gasteiger partial charge in [-0.25, -0.2) is 4.79 Å². The summed E-state index contributed by atoms with van der Waals surface area (Å²) in [4.78, 5) is 23.8. The minimum atomic E-state index is -0.915. The Kier molecular flexibility index (Phi) is 6.37. The van der Waals surface area contributed by atoms with Crippen LogP contribution in [0.15, 0.2) is 53.0 Å². The molecule has 1 N–H and O–H groups in total. The van der Waals surface area contributed by atoms with Crippen molar-refractivity contribution >= 4 is 33.5 Å². The summed E-state index contributed by atoms with van der Waals surface area (Å²) in [6.07, 6.45) is -0.915. The molecule has 0 fully saturated rings. The number of esters is 1. The minimum absolute atomic E-state index is 0.251. The van der Waals surface area contributed by atoms with Crippen LogP contribution in [-0.2, 0) is 14.3 Å². The van der Waals surface area contributed by atoms with Crippen molar-refractivity contribution < 1.29 is 19.1 Å². The molecule has 24 heavy (non-hydrogen) atoms. The summed E-state index contributed by atoms with van der Waals surface area (Å²) < 4.78 is 11.3. The predicted octanol–water partition coefficient (Wildman–Crippen LogP) is 3.71. The van der Waals surface area contributed by atoms with Crippen LogP contribution in [0.1, 0.15) is 12.5 Å². The number of nitrogens with one attached hydrogen (secondary N) is 1. The number of halogens is 1. The average Bonchev–Trinajstić information content (AvgIpc) is 2.55. The number of aryl methyl sites for hydroxylation is 1. The number of carbonyl (C=O) groups excluding carboxylic acids is 2. The van der Waals surface area contributed by atoms with Crippen molar-refractivity contribution in [3.8, 4) is 5.75 Å². The van der Waals surface area contributed by atoms with Crippen LogP contribution in [0, 0.1) is 6.92 Å². The van der Waals surface area contributed by atoms with Crippen molar-refractivity contribution in [1.82, 2.24) is 0 Å². The zero-order chi connectivity index (χ0) is 17.5. The number of carbonyl (C=O) groups is 2. The third-order valence-corrected chi connectivity index (χ3v) is 3.66. The number of ether oxygens (including phenoxy) is 2. The molecule has 126 valence electrons. The summed E-state index contributed by atoms with van der Waals surface area (Å²) in [6, 6.07) is 14.4. The summed E-state index contributed by atoms with van der Waals surface area (Å²) in [7, 11) is 0. The third kappa shape index (κ3) is 5.70. The quantitative estimate of drug-likeness (QED) is 0.762. The predicted molar refractivity (Wildman–Crippen MR) is 95.0 cm³/mol. The Morgan fingerprint density at radius 1 is 1.17 bits per heavy atom. The largest absolute Gasteiger partial charge is 0.482 e. The first-order chi connectivity index (χ1) is 11.4. The van der Waals surface area contributed by atoms with Crippen LogP contribution in [0.5, 0.6) is 5.75 Å². The topological polar surface area (TPSA) is 64.6 Å². The highest BCUT2D eigenvalue weighted by atomic mass is 79.9. The van der Waals surface area contributed by atoms with Crippen molar-refractivity contribution in [2.45, 2.75) is 20.0 Å². The molecule has 0 aliphatic carbocycles. The van der Waals surface area contributed by atoms with Gasteiger partial charge >= 0.3 is 5.97 Å². The number of hydrogen-bond donors (Lipinski definition) is 1. The van der Waals surface area contributed by atoms with Gasteiger partial charge in [0, 0.05) is 10.2 Å². The SMILES string of the molecule is Cc1cccc(OCC(=O)O[C@@H](C)C(=O)Nc2ccc(Br)cc2)c1. The summed E-state index contributed by atoms with van der Waals surface area (Å²) in [5.74, 6) is -0.421. The number of rotatable bonds is 6. The summed E-state index contributed by atoms with van der Waals surface area (Å²) in [5.41, 5.74) is 1.66. The van der Waals surface area contributed by atoms with Crippen molar-refractivity contribution in [3.63, 3.8) is 0 Å². The first-order valence-corrected chi connectivity index (χ1v) is 8.19. The molecular weight excluding hydrogens is 374 g/mol. The lowest BCUT2D eigenvalue weighted by atomic mass is 10.2. The van der Waals surface area contributed by atoms with E-state index in [2.05, 4.69) is 21.2 Å². The molecule has 0 radical (unpaired) electrons. The molecule has 0 bridgehead atoms. The Labute approximate surface area is 149 Å². The molecule has 0 aliphatic heterocycles. The Bertz CT molecular complexity index is 715. The van der Waals surface area contributed by atoms with E-state index in [0.29, 0.717) is 11.4 Å². The van der Waals surface area contributed by atoms with Gasteiger partial charge in [-0.2, -0.15) is 0 Å². The van der Waals surface area contributed by atoms with Gasteiger partial charge in [0.25, 0.3) is 5.91 Å². The molecule has 0 saturated heterocycles. The van der Waals surface area contributed by atoms with E-state index in [1.54, 1.807) is 18.2 Å². The van der Waals surface area contributed by atoms with Crippen LogP contribution in [0.3, 0.4) is 0 Å². The highest BCUT2D eigenvalue weighted by Gasteiger charge is 2.18. The standard InChI is InChI=1S/C18H18BrNO4/c1-12-4-3-5-16(10-12)23-11-17(21)24-13(2)18(22)20-15-8-6-14(19)7-9-15/h3-10,13H,11H2,1-2H3,(H,20,22)/t13-/m0/s1. The molecule has 2 aromatic rings. The fourth-order valence-corrected chi connectivity index (χ4v) is 2.17. The highest BCUT2D eigenvalue weighted by Crippen LogP contribution is 2.15. The molecular formula is C18H18BrNO4. The van der Waals surface area contributed by atoms with Gasteiger partial charge in [-0.15, -0.1) is 0 Å². The van der Waals surface area contributed by atoms with Crippen LogP contribution in [-0.4, -0.2) is 24.6 Å². The van der Waals surface area contributed by atoms with E-state index in [0.717, 1.165) is 10.0 Å². The molecule has 1 atom stereocenters. The number of amides is 1. The van der Waals surface area contributed by atoms with E-state index in [4.69, 9.17) is 9.47 Å². The zero-order valence-electron chi connectivity index (χ0n) is 13.4. The first kappa shape index (κ1) is 18.0. The maximum absolute atomic E-state index is 12.0. The van der Waals surface area contributed by atoms with E-state index in [9.17, 15) is 9.59 Å². The maximum Gasteiger partial charge on any atom is 0.344 e. The molecule has 0 spiro atoms. The van der Waals surface area contributed by atoms with Crippen LogP contribution in [0.25, 0.3) is 0 Å². The van der Waals surface area contributed by atoms with E-state index < -0.39 is 18.0 Å². The second kappa shape index (κ2) is 8.49. The Morgan fingerprint density at radius 3 is 2.54 bits per heavy atom. The smallest absolute Gasteiger partial charge is 0.344 e. The van der Waals surface area contributed by atoms with E-state index >= 15 is 0 Å². The monoisotopic (exact) mass is 391 g/mol. The number of anilines is 1. The van der Waals surface area contributed by atoms with Gasteiger partial charge in [-0.3, -0.25) is 4.79 Å². The van der Waals surface area contributed by atoms with Gasteiger partial charge in [0.2, 0.25) is 0 Å².